The Morgan fingerprint density at radius 1 is 1.22 bits per heavy atom. The minimum Gasteiger partial charge on any atom is -0.496 e. The molecule has 2 aromatic carbocycles. The molecule has 0 aliphatic heterocycles. The summed E-state index contributed by atoms with van der Waals surface area (Å²) < 4.78 is 5.44. The molecular formula is C19H23NO2S. The molecule has 0 saturated heterocycles. The van der Waals surface area contributed by atoms with Gasteiger partial charge >= 0.3 is 0 Å². The van der Waals surface area contributed by atoms with Crippen molar-refractivity contribution in [1.82, 2.24) is 0 Å². The number of methoxy groups -OCH3 is 1. The highest BCUT2D eigenvalue weighted by Gasteiger charge is 2.16. The van der Waals surface area contributed by atoms with Crippen molar-refractivity contribution in [2.75, 3.05) is 18.7 Å². The van der Waals surface area contributed by atoms with E-state index >= 15 is 0 Å². The molecule has 0 aliphatic carbocycles. The molecule has 2 aromatic rings. The third-order valence-corrected chi connectivity index (χ3v) is 4.59. The van der Waals surface area contributed by atoms with Crippen LogP contribution in [0.3, 0.4) is 0 Å². The fraction of sp³-hybridized carbons (Fsp3) is 0.316. The van der Waals surface area contributed by atoms with E-state index in [0.29, 0.717) is 5.56 Å². The van der Waals surface area contributed by atoms with E-state index in [1.54, 1.807) is 18.9 Å². The quantitative estimate of drug-likeness (QED) is 0.775. The van der Waals surface area contributed by atoms with Gasteiger partial charge < -0.3 is 10.1 Å². The van der Waals surface area contributed by atoms with E-state index in [0.717, 1.165) is 27.5 Å². The number of aryl methyl sites for hydroxylation is 1. The number of hydrogen-bond acceptors (Lipinski definition) is 3. The SMILES string of the molecule is COc1cc(C)c(C(=O)Nc2ccccc2SC)cc1C(C)C. The number of carbonyl (C=O) groups is 1. The van der Waals surface area contributed by atoms with Gasteiger partial charge in [0.25, 0.3) is 5.91 Å². The predicted molar refractivity (Wildman–Crippen MR) is 98.0 cm³/mol. The zero-order valence-corrected chi connectivity index (χ0v) is 15.1. The number of benzene rings is 2. The second-order valence-corrected chi connectivity index (χ2v) is 6.57. The molecule has 0 heterocycles. The first-order valence-electron chi connectivity index (χ1n) is 7.60. The zero-order valence-electron chi connectivity index (χ0n) is 14.3. The molecule has 0 aliphatic rings. The Balaban J connectivity index is 2.37. The molecule has 0 fully saturated rings. The maximum atomic E-state index is 12.7. The lowest BCUT2D eigenvalue weighted by molar-refractivity contribution is 0.102. The van der Waals surface area contributed by atoms with E-state index in [1.807, 2.05) is 49.6 Å². The minimum absolute atomic E-state index is 0.0893. The summed E-state index contributed by atoms with van der Waals surface area (Å²) in [5, 5.41) is 3.02. The van der Waals surface area contributed by atoms with Crippen LogP contribution in [0.1, 0.15) is 41.3 Å². The van der Waals surface area contributed by atoms with E-state index in [4.69, 9.17) is 4.74 Å². The minimum atomic E-state index is -0.0893. The van der Waals surface area contributed by atoms with Gasteiger partial charge in [0, 0.05) is 10.5 Å². The van der Waals surface area contributed by atoms with Crippen LogP contribution in [-0.4, -0.2) is 19.3 Å². The Labute approximate surface area is 142 Å². The van der Waals surface area contributed by atoms with Gasteiger partial charge in [-0.25, -0.2) is 0 Å². The monoisotopic (exact) mass is 329 g/mol. The van der Waals surface area contributed by atoms with Crippen molar-refractivity contribution in [1.29, 1.82) is 0 Å². The number of para-hydroxylation sites is 1. The predicted octanol–water partition coefficient (Wildman–Crippen LogP) is 5.10. The average Bonchev–Trinajstić information content (AvgIpc) is 2.54. The molecule has 1 N–H and O–H groups in total. The van der Waals surface area contributed by atoms with Crippen molar-refractivity contribution in [2.45, 2.75) is 31.6 Å². The van der Waals surface area contributed by atoms with Gasteiger partial charge in [-0.15, -0.1) is 11.8 Å². The van der Waals surface area contributed by atoms with Crippen LogP contribution in [0, 0.1) is 6.92 Å². The smallest absolute Gasteiger partial charge is 0.255 e. The van der Waals surface area contributed by atoms with Crippen LogP contribution < -0.4 is 10.1 Å². The van der Waals surface area contributed by atoms with E-state index < -0.39 is 0 Å². The van der Waals surface area contributed by atoms with Crippen LogP contribution in [-0.2, 0) is 0 Å². The molecule has 0 atom stereocenters. The largest absolute Gasteiger partial charge is 0.496 e. The number of amides is 1. The van der Waals surface area contributed by atoms with Crippen LogP contribution in [0.2, 0.25) is 0 Å². The fourth-order valence-corrected chi connectivity index (χ4v) is 3.06. The molecule has 122 valence electrons. The Hall–Kier alpha value is -1.94. The summed E-state index contributed by atoms with van der Waals surface area (Å²) in [5.41, 5.74) is 3.48. The molecule has 4 heteroatoms. The maximum absolute atomic E-state index is 12.7. The van der Waals surface area contributed by atoms with Gasteiger partial charge in [0.2, 0.25) is 0 Å². The van der Waals surface area contributed by atoms with Crippen LogP contribution in [0.25, 0.3) is 0 Å². The highest BCUT2D eigenvalue weighted by molar-refractivity contribution is 7.98. The van der Waals surface area contributed by atoms with Gasteiger partial charge in [0.1, 0.15) is 5.75 Å². The van der Waals surface area contributed by atoms with Crippen LogP contribution in [0.15, 0.2) is 41.3 Å². The van der Waals surface area contributed by atoms with Gasteiger partial charge in [0.05, 0.1) is 12.8 Å². The van der Waals surface area contributed by atoms with Crippen LogP contribution in [0.5, 0.6) is 5.75 Å². The zero-order chi connectivity index (χ0) is 17.0. The first-order valence-corrected chi connectivity index (χ1v) is 8.83. The molecule has 0 bridgehead atoms. The summed E-state index contributed by atoms with van der Waals surface area (Å²) in [4.78, 5) is 13.8. The molecule has 0 radical (unpaired) electrons. The molecule has 2 rings (SSSR count). The number of ether oxygens (including phenoxy) is 1. The maximum Gasteiger partial charge on any atom is 0.255 e. The fourth-order valence-electron chi connectivity index (χ4n) is 2.51. The van der Waals surface area contributed by atoms with Gasteiger partial charge in [-0.1, -0.05) is 26.0 Å². The van der Waals surface area contributed by atoms with Crippen molar-refractivity contribution in [3.8, 4) is 5.75 Å². The summed E-state index contributed by atoms with van der Waals surface area (Å²) in [5.74, 6) is 1.03. The standard InChI is InChI=1S/C19H23NO2S/c1-12(2)14-11-15(13(3)10-17(14)22-4)19(21)20-16-8-6-7-9-18(16)23-5/h6-12H,1-5H3,(H,20,21). The van der Waals surface area contributed by atoms with Crippen LogP contribution >= 0.6 is 11.8 Å². The Morgan fingerprint density at radius 3 is 2.52 bits per heavy atom. The Kier molecular flexibility index (Phi) is 5.72. The van der Waals surface area contributed by atoms with Gasteiger partial charge in [-0.2, -0.15) is 0 Å². The summed E-state index contributed by atoms with van der Waals surface area (Å²) in [6.07, 6.45) is 2.00. The lowest BCUT2D eigenvalue weighted by Gasteiger charge is -2.16. The lowest BCUT2D eigenvalue weighted by atomic mass is 9.96. The van der Waals surface area contributed by atoms with Crippen molar-refractivity contribution in [3.63, 3.8) is 0 Å². The topological polar surface area (TPSA) is 38.3 Å². The molecule has 0 spiro atoms. The van der Waals surface area contributed by atoms with E-state index in [1.165, 1.54) is 0 Å². The number of rotatable bonds is 5. The second kappa shape index (κ2) is 7.55. The van der Waals surface area contributed by atoms with Crippen LogP contribution in [0.4, 0.5) is 5.69 Å². The van der Waals surface area contributed by atoms with E-state index in [9.17, 15) is 4.79 Å². The molecule has 0 unspecified atom stereocenters. The average molecular weight is 329 g/mol. The summed E-state index contributed by atoms with van der Waals surface area (Å²) in [7, 11) is 1.66. The van der Waals surface area contributed by atoms with Crippen molar-refractivity contribution < 1.29 is 9.53 Å². The molecule has 0 saturated carbocycles. The third-order valence-electron chi connectivity index (χ3n) is 3.80. The third kappa shape index (κ3) is 3.88. The molecular weight excluding hydrogens is 306 g/mol. The Bertz CT molecular complexity index is 711. The number of carbonyl (C=O) groups excluding carboxylic acids is 1. The first kappa shape index (κ1) is 17.4. The van der Waals surface area contributed by atoms with Gasteiger partial charge in [-0.05, 0) is 54.5 Å². The highest BCUT2D eigenvalue weighted by atomic mass is 32.2. The summed E-state index contributed by atoms with van der Waals surface area (Å²) >= 11 is 1.62. The molecule has 1 amide bonds. The summed E-state index contributed by atoms with van der Waals surface area (Å²) in [6.45, 7) is 6.12. The number of thioether (sulfide) groups is 1. The van der Waals surface area contributed by atoms with E-state index in [-0.39, 0.29) is 11.8 Å². The van der Waals surface area contributed by atoms with Crippen molar-refractivity contribution in [2.24, 2.45) is 0 Å². The van der Waals surface area contributed by atoms with Crippen molar-refractivity contribution in [3.05, 3.63) is 53.1 Å². The number of hydrogen-bond donors (Lipinski definition) is 1. The van der Waals surface area contributed by atoms with Crippen molar-refractivity contribution >= 4 is 23.4 Å². The molecule has 3 nitrogen and oxygen atoms in total. The molecule has 0 aromatic heterocycles. The lowest BCUT2D eigenvalue weighted by Crippen LogP contribution is -2.15. The first-order chi connectivity index (χ1) is 11.0. The van der Waals surface area contributed by atoms with Gasteiger partial charge in [0.15, 0.2) is 0 Å². The number of nitrogens with one attached hydrogen (secondary N) is 1. The Morgan fingerprint density at radius 2 is 1.91 bits per heavy atom. The normalized spacial score (nSPS) is 10.7. The highest BCUT2D eigenvalue weighted by Crippen LogP contribution is 2.31. The van der Waals surface area contributed by atoms with Gasteiger partial charge in [-0.3, -0.25) is 4.79 Å². The van der Waals surface area contributed by atoms with E-state index in [2.05, 4.69) is 19.2 Å². The number of anilines is 1. The summed E-state index contributed by atoms with van der Waals surface area (Å²) in [6, 6.07) is 11.7. The second-order valence-electron chi connectivity index (χ2n) is 5.72. The molecule has 23 heavy (non-hydrogen) atoms.